The molecule has 0 aliphatic carbocycles. The first-order valence-corrected chi connectivity index (χ1v) is 4.73. The number of aliphatic hydroxyl groups excluding tert-OH is 1. The average molecular weight is 237 g/mol. The summed E-state index contributed by atoms with van der Waals surface area (Å²) < 4.78 is 26.0. The van der Waals surface area contributed by atoms with E-state index in [1.165, 1.54) is 0 Å². The summed E-state index contributed by atoms with van der Waals surface area (Å²) >= 11 is 0. The van der Waals surface area contributed by atoms with Gasteiger partial charge in [0.15, 0.2) is 0 Å². The SMILES string of the molecule is C[N+](C)(C)CCO.NS(=O)(=O)O.[Cl-]. The molecule has 0 amide bonds. The van der Waals surface area contributed by atoms with Gasteiger partial charge in [0, 0.05) is 0 Å². The van der Waals surface area contributed by atoms with Gasteiger partial charge in [-0.25, -0.2) is 5.14 Å². The normalized spacial score (nSPS) is 10.9. The topological polar surface area (TPSA) is 101 Å². The van der Waals surface area contributed by atoms with Crippen LogP contribution in [0.1, 0.15) is 0 Å². The second-order valence-corrected chi connectivity index (χ2v) is 4.28. The van der Waals surface area contributed by atoms with Crippen LogP contribution < -0.4 is 17.5 Å². The average Bonchev–Trinajstić information content (AvgIpc) is 1.54. The van der Waals surface area contributed by atoms with Crippen LogP contribution in [0.15, 0.2) is 0 Å². The zero-order chi connectivity index (χ0) is 10.4. The van der Waals surface area contributed by atoms with Gasteiger partial charge in [-0.3, -0.25) is 4.55 Å². The molecule has 0 atom stereocenters. The minimum atomic E-state index is -4.17. The van der Waals surface area contributed by atoms with Gasteiger partial charge >= 0.3 is 10.3 Å². The quantitative estimate of drug-likeness (QED) is 0.332. The summed E-state index contributed by atoms with van der Waals surface area (Å²) in [5, 5.41) is 12.3. The second-order valence-electron chi connectivity index (χ2n) is 3.25. The third-order valence-electron chi connectivity index (χ3n) is 0.771. The van der Waals surface area contributed by atoms with Crippen LogP contribution in [-0.2, 0) is 10.3 Å². The number of aliphatic hydroxyl groups is 1. The lowest BCUT2D eigenvalue weighted by molar-refractivity contribution is -0.870. The molecule has 0 aliphatic rings. The lowest BCUT2D eigenvalue weighted by Gasteiger charge is -2.21. The first-order valence-electron chi connectivity index (χ1n) is 3.23. The van der Waals surface area contributed by atoms with E-state index in [1.54, 1.807) is 0 Å². The zero-order valence-corrected chi connectivity index (χ0v) is 9.51. The molecule has 84 valence electrons. The highest BCUT2D eigenvalue weighted by Crippen LogP contribution is 1.84. The van der Waals surface area contributed by atoms with Crippen molar-refractivity contribution in [2.24, 2.45) is 5.14 Å². The fourth-order valence-corrected chi connectivity index (χ4v) is 0.300. The maximum atomic E-state index is 8.97. The molecule has 0 rings (SSSR count). The monoisotopic (exact) mass is 236 g/mol. The Bertz CT molecular complexity index is 191. The standard InChI is InChI=1S/C5H14NO.ClH.H3NO3S/c1-6(2,3)4-5-7;;1-5(2,3)4/h7H,4-5H2,1-3H3;1H;(H3,1,2,3,4)/q+1;;/p-1. The molecule has 0 bridgehead atoms. The van der Waals surface area contributed by atoms with E-state index < -0.39 is 10.3 Å². The molecule has 0 spiro atoms. The largest absolute Gasteiger partial charge is 1.00 e. The predicted octanol–water partition coefficient (Wildman–Crippen LogP) is -4.56. The molecule has 0 aromatic heterocycles. The maximum absolute atomic E-state index is 8.97. The van der Waals surface area contributed by atoms with Gasteiger partial charge in [-0.05, 0) is 0 Å². The molecule has 0 unspecified atom stereocenters. The van der Waals surface area contributed by atoms with Gasteiger partial charge in [0.05, 0.1) is 27.7 Å². The van der Waals surface area contributed by atoms with E-state index >= 15 is 0 Å². The summed E-state index contributed by atoms with van der Waals surface area (Å²) in [5.41, 5.74) is 0. The smallest absolute Gasteiger partial charge is 0.330 e. The van der Waals surface area contributed by atoms with Crippen LogP contribution in [0, 0.1) is 0 Å². The number of halogens is 1. The minimum absolute atomic E-state index is 0. The molecule has 0 saturated heterocycles. The predicted molar refractivity (Wildman–Crippen MR) is 45.7 cm³/mol. The number of likely N-dealkylation sites (N-methyl/N-ethyl adjacent to an activating group) is 1. The first-order chi connectivity index (χ1) is 5.06. The van der Waals surface area contributed by atoms with Gasteiger partial charge in [-0.15, -0.1) is 0 Å². The van der Waals surface area contributed by atoms with Gasteiger partial charge < -0.3 is 22.0 Å². The Kier molecular flexibility index (Phi) is 10.8. The number of quaternary nitrogens is 1. The van der Waals surface area contributed by atoms with E-state index in [2.05, 4.69) is 26.3 Å². The van der Waals surface area contributed by atoms with Crippen LogP contribution in [0.4, 0.5) is 0 Å². The summed E-state index contributed by atoms with van der Waals surface area (Å²) in [6, 6.07) is 0. The van der Waals surface area contributed by atoms with E-state index in [-0.39, 0.29) is 19.0 Å². The van der Waals surface area contributed by atoms with Crippen molar-refractivity contribution in [2.45, 2.75) is 0 Å². The van der Waals surface area contributed by atoms with Gasteiger partial charge in [0.1, 0.15) is 6.54 Å². The number of rotatable bonds is 2. The van der Waals surface area contributed by atoms with Gasteiger partial charge in [-0.2, -0.15) is 8.42 Å². The molecular formula is C5H17ClN2O4S. The Morgan fingerprint density at radius 2 is 1.54 bits per heavy atom. The molecule has 0 radical (unpaired) electrons. The van der Waals surface area contributed by atoms with Crippen molar-refractivity contribution in [3.63, 3.8) is 0 Å². The zero-order valence-electron chi connectivity index (χ0n) is 7.94. The lowest BCUT2D eigenvalue weighted by atomic mass is 10.5. The van der Waals surface area contributed by atoms with Crippen LogP contribution >= 0.6 is 0 Å². The van der Waals surface area contributed by atoms with Gasteiger partial charge in [0.2, 0.25) is 0 Å². The number of hydrogen-bond donors (Lipinski definition) is 3. The summed E-state index contributed by atoms with van der Waals surface area (Å²) in [5.74, 6) is 0. The third kappa shape index (κ3) is 73.7. The van der Waals surface area contributed by atoms with Gasteiger partial charge in [0.25, 0.3) is 0 Å². The summed E-state index contributed by atoms with van der Waals surface area (Å²) in [6.45, 7) is 1.11. The summed E-state index contributed by atoms with van der Waals surface area (Å²) in [4.78, 5) is 0. The molecule has 0 aliphatic heterocycles. The molecule has 0 fully saturated rings. The molecular weight excluding hydrogens is 220 g/mol. The van der Waals surface area contributed by atoms with E-state index in [0.717, 1.165) is 11.0 Å². The summed E-state index contributed by atoms with van der Waals surface area (Å²) in [7, 11) is 1.99. The fourth-order valence-electron chi connectivity index (χ4n) is 0.300. The molecule has 0 heterocycles. The molecule has 4 N–H and O–H groups in total. The highest BCUT2D eigenvalue weighted by molar-refractivity contribution is 7.83. The minimum Gasteiger partial charge on any atom is -1.00 e. The molecule has 0 saturated carbocycles. The van der Waals surface area contributed by atoms with Crippen molar-refractivity contribution in [3.8, 4) is 0 Å². The Morgan fingerprint density at radius 1 is 1.31 bits per heavy atom. The first kappa shape index (κ1) is 18.8. The van der Waals surface area contributed by atoms with Crippen molar-refractivity contribution in [3.05, 3.63) is 0 Å². The highest BCUT2D eigenvalue weighted by Gasteiger charge is 2.02. The van der Waals surface area contributed by atoms with E-state index in [1.807, 2.05) is 0 Å². The Morgan fingerprint density at radius 3 is 1.54 bits per heavy atom. The number of nitrogens with two attached hydrogens (primary N) is 1. The molecule has 0 aromatic rings. The Balaban J connectivity index is -0.000000150. The molecule has 0 aromatic carbocycles. The van der Waals surface area contributed by atoms with Crippen LogP contribution in [0.5, 0.6) is 0 Å². The van der Waals surface area contributed by atoms with E-state index in [9.17, 15) is 0 Å². The fraction of sp³-hybridized carbons (Fsp3) is 1.00. The van der Waals surface area contributed by atoms with E-state index in [0.29, 0.717) is 0 Å². The molecule has 13 heavy (non-hydrogen) atoms. The summed E-state index contributed by atoms with van der Waals surface area (Å²) in [6.07, 6.45) is 0. The second kappa shape index (κ2) is 7.48. The Labute approximate surface area is 85.2 Å². The van der Waals surface area contributed by atoms with Crippen molar-refractivity contribution in [1.82, 2.24) is 0 Å². The highest BCUT2D eigenvalue weighted by atomic mass is 35.5. The van der Waals surface area contributed by atoms with Crippen LogP contribution in [0.25, 0.3) is 0 Å². The Hall–Kier alpha value is 0.0800. The number of hydrogen-bond acceptors (Lipinski definition) is 3. The van der Waals surface area contributed by atoms with Crippen molar-refractivity contribution >= 4 is 10.3 Å². The molecule has 8 heteroatoms. The number of nitrogens with zero attached hydrogens (tertiary/aromatic N) is 1. The van der Waals surface area contributed by atoms with Crippen LogP contribution in [0.3, 0.4) is 0 Å². The van der Waals surface area contributed by atoms with Crippen LogP contribution in [0.2, 0.25) is 0 Å². The third-order valence-corrected chi connectivity index (χ3v) is 0.771. The molecule has 6 nitrogen and oxygen atoms in total. The lowest BCUT2D eigenvalue weighted by Crippen LogP contribution is -3.00. The van der Waals surface area contributed by atoms with E-state index in [4.69, 9.17) is 18.1 Å². The van der Waals surface area contributed by atoms with Crippen molar-refractivity contribution in [1.29, 1.82) is 0 Å². The maximum Gasteiger partial charge on any atom is 0.330 e. The van der Waals surface area contributed by atoms with Gasteiger partial charge in [-0.1, -0.05) is 0 Å². The van der Waals surface area contributed by atoms with Crippen molar-refractivity contribution in [2.75, 3.05) is 34.3 Å². The van der Waals surface area contributed by atoms with Crippen molar-refractivity contribution < 1.29 is 35.0 Å². The van der Waals surface area contributed by atoms with Crippen LogP contribution in [-0.4, -0.2) is 56.9 Å².